The van der Waals surface area contributed by atoms with Crippen LogP contribution >= 0.6 is 0 Å². The molecule has 116 valence electrons. The van der Waals surface area contributed by atoms with E-state index in [9.17, 15) is 4.79 Å². The molecule has 3 rings (SSSR count). The summed E-state index contributed by atoms with van der Waals surface area (Å²) in [5, 5.41) is 3.78. The van der Waals surface area contributed by atoms with Gasteiger partial charge in [0, 0.05) is 18.5 Å². The fraction of sp³-hybridized carbons (Fsp3) is 0.375. The van der Waals surface area contributed by atoms with Crippen LogP contribution in [0.15, 0.2) is 28.9 Å². The minimum absolute atomic E-state index is 0.0825. The molecule has 1 aliphatic rings. The van der Waals surface area contributed by atoms with E-state index in [2.05, 4.69) is 5.16 Å². The minimum atomic E-state index is 0.0825. The van der Waals surface area contributed by atoms with Gasteiger partial charge in [-0.25, -0.2) is 0 Å². The van der Waals surface area contributed by atoms with Gasteiger partial charge in [-0.05, 0) is 17.7 Å². The maximum Gasteiger partial charge on any atom is 0.227 e. The third kappa shape index (κ3) is 2.77. The molecule has 1 aliphatic heterocycles. The number of hydrogen-bond donors (Lipinski definition) is 0. The number of fused-ring (bicyclic) bond motifs is 1. The van der Waals surface area contributed by atoms with E-state index in [0.29, 0.717) is 37.4 Å². The Kier molecular flexibility index (Phi) is 4.00. The molecule has 0 unspecified atom stereocenters. The lowest BCUT2D eigenvalue weighted by Gasteiger charge is -2.25. The molecule has 0 saturated heterocycles. The SMILES string of the molecule is COc1ccc(CC(=O)N2CCc3oncc3C2)cc1OC. The summed E-state index contributed by atoms with van der Waals surface area (Å²) in [6.45, 7) is 1.22. The van der Waals surface area contributed by atoms with Gasteiger partial charge in [0.1, 0.15) is 5.76 Å². The molecule has 0 N–H and O–H groups in total. The summed E-state index contributed by atoms with van der Waals surface area (Å²) in [7, 11) is 3.18. The van der Waals surface area contributed by atoms with Gasteiger partial charge in [-0.1, -0.05) is 11.2 Å². The highest BCUT2D eigenvalue weighted by molar-refractivity contribution is 5.79. The van der Waals surface area contributed by atoms with E-state index in [1.807, 2.05) is 23.1 Å². The Morgan fingerprint density at radius 3 is 2.91 bits per heavy atom. The first-order valence-corrected chi connectivity index (χ1v) is 7.12. The molecule has 0 saturated carbocycles. The van der Waals surface area contributed by atoms with Crippen LogP contribution in [0.3, 0.4) is 0 Å². The maximum absolute atomic E-state index is 12.5. The highest BCUT2D eigenvalue weighted by atomic mass is 16.5. The van der Waals surface area contributed by atoms with Gasteiger partial charge in [-0.15, -0.1) is 0 Å². The van der Waals surface area contributed by atoms with Crippen LogP contribution in [0.5, 0.6) is 11.5 Å². The van der Waals surface area contributed by atoms with E-state index < -0.39 is 0 Å². The number of carbonyl (C=O) groups is 1. The topological polar surface area (TPSA) is 64.8 Å². The molecule has 0 bridgehead atoms. The van der Waals surface area contributed by atoms with Crippen LogP contribution in [0.1, 0.15) is 16.9 Å². The Balaban J connectivity index is 1.70. The molecule has 0 fully saturated rings. The molecule has 0 atom stereocenters. The van der Waals surface area contributed by atoms with Crippen LogP contribution in [-0.4, -0.2) is 36.7 Å². The lowest BCUT2D eigenvalue weighted by molar-refractivity contribution is -0.131. The van der Waals surface area contributed by atoms with Gasteiger partial charge >= 0.3 is 0 Å². The monoisotopic (exact) mass is 302 g/mol. The van der Waals surface area contributed by atoms with Crippen molar-refractivity contribution in [3.8, 4) is 11.5 Å². The third-order valence-electron chi connectivity index (χ3n) is 3.86. The summed E-state index contributed by atoms with van der Waals surface area (Å²) in [6.07, 6.45) is 2.74. The van der Waals surface area contributed by atoms with Gasteiger partial charge in [-0.3, -0.25) is 4.79 Å². The van der Waals surface area contributed by atoms with Crippen LogP contribution < -0.4 is 9.47 Å². The van der Waals surface area contributed by atoms with Crippen molar-refractivity contribution < 1.29 is 18.8 Å². The Morgan fingerprint density at radius 1 is 1.32 bits per heavy atom. The second-order valence-electron chi connectivity index (χ2n) is 5.21. The van der Waals surface area contributed by atoms with E-state index in [1.54, 1.807) is 20.4 Å². The van der Waals surface area contributed by atoms with E-state index in [0.717, 1.165) is 16.9 Å². The first-order chi connectivity index (χ1) is 10.7. The Hall–Kier alpha value is -2.50. The summed E-state index contributed by atoms with van der Waals surface area (Å²) in [5.41, 5.74) is 1.89. The molecule has 22 heavy (non-hydrogen) atoms. The summed E-state index contributed by atoms with van der Waals surface area (Å²) >= 11 is 0. The Morgan fingerprint density at radius 2 is 2.14 bits per heavy atom. The zero-order chi connectivity index (χ0) is 15.5. The van der Waals surface area contributed by atoms with Crippen molar-refractivity contribution in [2.24, 2.45) is 0 Å². The summed E-state index contributed by atoms with van der Waals surface area (Å²) in [5.74, 6) is 2.26. The molecule has 6 nitrogen and oxygen atoms in total. The van der Waals surface area contributed by atoms with Crippen molar-refractivity contribution in [2.75, 3.05) is 20.8 Å². The normalized spacial score (nSPS) is 13.6. The molecular weight excluding hydrogens is 284 g/mol. The van der Waals surface area contributed by atoms with Crippen LogP contribution in [-0.2, 0) is 24.2 Å². The summed E-state index contributed by atoms with van der Waals surface area (Å²) in [6, 6.07) is 5.54. The number of rotatable bonds is 4. The first-order valence-electron chi connectivity index (χ1n) is 7.12. The predicted molar refractivity (Wildman–Crippen MR) is 78.9 cm³/mol. The molecule has 0 spiro atoms. The lowest BCUT2D eigenvalue weighted by atomic mass is 10.1. The molecule has 2 aromatic rings. The molecule has 1 aromatic heterocycles. The standard InChI is InChI=1S/C16H18N2O4/c1-20-14-4-3-11(7-15(14)21-2)8-16(19)18-6-5-13-12(10-18)9-17-22-13/h3-4,7,9H,5-6,8,10H2,1-2H3. The number of hydrogen-bond acceptors (Lipinski definition) is 5. The second-order valence-corrected chi connectivity index (χ2v) is 5.21. The number of aromatic nitrogens is 1. The van der Waals surface area contributed by atoms with Crippen molar-refractivity contribution in [3.63, 3.8) is 0 Å². The minimum Gasteiger partial charge on any atom is -0.493 e. The fourth-order valence-electron chi connectivity index (χ4n) is 2.63. The van der Waals surface area contributed by atoms with Crippen LogP contribution in [0.4, 0.5) is 0 Å². The summed E-state index contributed by atoms with van der Waals surface area (Å²) in [4.78, 5) is 14.3. The van der Waals surface area contributed by atoms with Gasteiger partial charge in [-0.2, -0.15) is 0 Å². The van der Waals surface area contributed by atoms with Crippen molar-refractivity contribution in [3.05, 3.63) is 41.3 Å². The zero-order valence-electron chi connectivity index (χ0n) is 12.7. The second kappa shape index (κ2) is 6.09. The number of nitrogens with zero attached hydrogens (tertiary/aromatic N) is 2. The molecule has 1 amide bonds. The van der Waals surface area contributed by atoms with Crippen molar-refractivity contribution in [1.82, 2.24) is 10.1 Å². The highest BCUT2D eigenvalue weighted by Gasteiger charge is 2.23. The quantitative estimate of drug-likeness (QED) is 0.862. The predicted octanol–water partition coefficient (Wildman–Crippen LogP) is 1.82. The average Bonchev–Trinajstić information content (AvgIpc) is 3.02. The number of carbonyl (C=O) groups excluding carboxylic acids is 1. The fourth-order valence-corrected chi connectivity index (χ4v) is 2.63. The third-order valence-corrected chi connectivity index (χ3v) is 3.86. The highest BCUT2D eigenvalue weighted by Crippen LogP contribution is 2.28. The molecule has 2 heterocycles. The van der Waals surface area contributed by atoms with Crippen LogP contribution in [0.2, 0.25) is 0 Å². The van der Waals surface area contributed by atoms with Crippen LogP contribution in [0.25, 0.3) is 0 Å². The van der Waals surface area contributed by atoms with Crippen molar-refractivity contribution >= 4 is 5.91 Å². The van der Waals surface area contributed by atoms with Crippen LogP contribution in [0, 0.1) is 0 Å². The molecule has 0 aliphatic carbocycles. The van der Waals surface area contributed by atoms with Crippen molar-refractivity contribution in [2.45, 2.75) is 19.4 Å². The van der Waals surface area contributed by atoms with E-state index in [-0.39, 0.29) is 5.91 Å². The molecule has 6 heteroatoms. The first kappa shape index (κ1) is 14.4. The maximum atomic E-state index is 12.5. The smallest absolute Gasteiger partial charge is 0.227 e. The number of methoxy groups -OCH3 is 2. The molecular formula is C16H18N2O4. The number of benzene rings is 1. The van der Waals surface area contributed by atoms with Crippen molar-refractivity contribution in [1.29, 1.82) is 0 Å². The molecule has 1 aromatic carbocycles. The lowest BCUT2D eigenvalue weighted by Crippen LogP contribution is -2.36. The largest absolute Gasteiger partial charge is 0.493 e. The Labute approximate surface area is 128 Å². The van der Waals surface area contributed by atoms with Gasteiger partial charge < -0.3 is 18.9 Å². The van der Waals surface area contributed by atoms with E-state index >= 15 is 0 Å². The number of amides is 1. The van der Waals surface area contributed by atoms with Gasteiger partial charge in [0.15, 0.2) is 11.5 Å². The Bertz CT molecular complexity index is 681. The average molecular weight is 302 g/mol. The van der Waals surface area contributed by atoms with Gasteiger partial charge in [0.25, 0.3) is 0 Å². The van der Waals surface area contributed by atoms with Gasteiger partial charge in [0.05, 0.1) is 33.4 Å². The molecule has 0 radical (unpaired) electrons. The van der Waals surface area contributed by atoms with Gasteiger partial charge in [0.2, 0.25) is 5.91 Å². The van der Waals surface area contributed by atoms with E-state index in [4.69, 9.17) is 14.0 Å². The van der Waals surface area contributed by atoms with E-state index in [1.165, 1.54) is 0 Å². The zero-order valence-corrected chi connectivity index (χ0v) is 12.7. The number of ether oxygens (including phenoxy) is 2. The summed E-state index contributed by atoms with van der Waals surface area (Å²) < 4.78 is 15.6.